The molecular weight excluding hydrogens is 302 g/mol. The van der Waals surface area contributed by atoms with Crippen LogP contribution in [0.2, 0.25) is 0 Å². The molecule has 0 spiro atoms. The lowest BCUT2D eigenvalue weighted by Gasteiger charge is -2.17. The molecule has 1 aromatic rings. The van der Waals surface area contributed by atoms with Crippen molar-refractivity contribution in [2.75, 3.05) is 13.7 Å². The lowest BCUT2D eigenvalue weighted by molar-refractivity contribution is 0.373. The molecule has 2 aliphatic rings. The van der Waals surface area contributed by atoms with Gasteiger partial charge in [-0.1, -0.05) is 15.9 Å². The summed E-state index contributed by atoms with van der Waals surface area (Å²) < 4.78 is 6.53. The molecule has 3 rings (SSSR count). The minimum Gasteiger partial charge on any atom is -0.496 e. The maximum absolute atomic E-state index is 5.42. The first-order chi connectivity index (χ1) is 9.28. The van der Waals surface area contributed by atoms with Crippen LogP contribution >= 0.6 is 15.9 Å². The lowest BCUT2D eigenvalue weighted by atomic mass is 9.98. The van der Waals surface area contributed by atoms with Gasteiger partial charge in [0.1, 0.15) is 5.75 Å². The van der Waals surface area contributed by atoms with Crippen molar-refractivity contribution >= 4 is 15.9 Å². The smallest absolute Gasteiger partial charge is 0.123 e. The van der Waals surface area contributed by atoms with Gasteiger partial charge in [-0.25, -0.2) is 0 Å². The molecule has 0 amide bonds. The van der Waals surface area contributed by atoms with Crippen LogP contribution in [0.4, 0.5) is 0 Å². The summed E-state index contributed by atoms with van der Waals surface area (Å²) in [6, 6.07) is 6.20. The highest BCUT2D eigenvalue weighted by atomic mass is 79.9. The van der Waals surface area contributed by atoms with Crippen molar-refractivity contribution in [1.82, 2.24) is 5.32 Å². The fraction of sp³-hybridized carbons (Fsp3) is 0.625. The summed E-state index contributed by atoms with van der Waals surface area (Å²) in [7, 11) is 1.74. The topological polar surface area (TPSA) is 21.3 Å². The average Bonchev–Trinajstić information content (AvgIpc) is 3.28. The van der Waals surface area contributed by atoms with Crippen molar-refractivity contribution in [3.8, 4) is 5.75 Å². The monoisotopic (exact) mass is 323 g/mol. The van der Waals surface area contributed by atoms with Crippen molar-refractivity contribution < 1.29 is 4.74 Å². The molecule has 3 heteroatoms. The fourth-order valence-electron chi connectivity index (χ4n) is 3.03. The number of hydrogen-bond donors (Lipinski definition) is 1. The zero-order valence-electron chi connectivity index (χ0n) is 11.5. The Morgan fingerprint density at radius 2 is 1.95 bits per heavy atom. The predicted octanol–water partition coefficient (Wildman–Crippen LogP) is 3.98. The fourth-order valence-corrected chi connectivity index (χ4v) is 3.43. The molecule has 2 fully saturated rings. The van der Waals surface area contributed by atoms with E-state index in [0.717, 1.165) is 34.5 Å². The van der Waals surface area contributed by atoms with Crippen LogP contribution in [0.1, 0.15) is 31.2 Å². The first-order valence-electron chi connectivity index (χ1n) is 7.31. The van der Waals surface area contributed by atoms with Gasteiger partial charge in [-0.2, -0.15) is 0 Å². The molecule has 0 bridgehead atoms. The first-order valence-corrected chi connectivity index (χ1v) is 8.10. The molecule has 104 valence electrons. The Kier molecular flexibility index (Phi) is 4.13. The minimum atomic E-state index is 0.901. The second kappa shape index (κ2) is 5.84. The summed E-state index contributed by atoms with van der Waals surface area (Å²) in [4.78, 5) is 0. The second-order valence-electron chi connectivity index (χ2n) is 5.93. The van der Waals surface area contributed by atoms with Crippen LogP contribution < -0.4 is 10.1 Å². The zero-order chi connectivity index (χ0) is 13.2. The summed E-state index contributed by atoms with van der Waals surface area (Å²) in [6.07, 6.45) is 5.85. The van der Waals surface area contributed by atoms with Crippen LogP contribution in [-0.2, 0) is 6.54 Å². The van der Waals surface area contributed by atoms with Gasteiger partial charge in [-0.3, -0.25) is 0 Å². The van der Waals surface area contributed by atoms with Gasteiger partial charge in [0.15, 0.2) is 0 Å². The summed E-state index contributed by atoms with van der Waals surface area (Å²) >= 11 is 3.53. The molecule has 0 radical (unpaired) electrons. The van der Waals surface area contributed by atoms with Crippen LogP contribution in [0.5, 0.6) is 5.75 Å². The maximum Gasteiger partial charge on any atom is 0.123 e. The largest absolute Gasteiger partial charge is 0.496 e. The van der Waals surface area contributed by atoms with E-state index in [9.17, 15) is 0 Å². The van der Waals surface area contributed by atoms with Gasteiger partial charge in [0, 0.05) is 16.6 Å². The third-order valence-electron chi connectivity index (χ3n) is 4.39. The zero-order valence-corrected chi connectivity index (χ0v) is 13.1. The Hall–Kier alpha value is -0.540. The predicted molar refractivity (Wildman–Crippen MR) is 81.3 cm³/mol. The number of halogens is 1. The standard InChI is InChI=1S/C16H22BrNO/c1-19-16-7-6-14(17)8-13(16)9-18-10-15(11-2-3-11)12-4-5-12/h6-8,11-12,15,18H,2-5,9-10H2,1H3. The van der Waals surface area contributed by atoms with Crippen molar-refractivity contribution in [2.24, 2.45) is 17.8 Å². The van der Waals surface area contributed by atoms with Gasteiger partial charge < -0.3 is 10.1 Å². The highest BCUT2D eigenvalue weighted by Crippen LogP contribution is 2.48. The summed E-state index contributed by atoms with van der Waals surface area (Å²) in [6.45, 7) is 2.07. The van der Waals surface area contributed by atoms with E-state index >= 15 is 0 Å². The van der Waals surface area contributed by atoms with E-state index in [0.29, 0.717) is 0 Å². The Morgan fingerprint density at radius 1 is 1.26 bits per heavy atom. The molecule has 2 aliphatic carbocycles. The number of ether oxygens (including phenoxy) is 1. The van der Waals surface area contributed by atoms with Gasteiger partial charge >= 0.3 is 0 Å². The third-order valence-corrected chi connectivity index (χ3v) is 4.89. The number of hydrogen-bond acceptors (Lipinski definition) is 2. The maximum atomic E-state index is 5.42. The van der Waals surface area contributed by atoms with Crippen LogP contribution in [0.25, 0.3) is 0 Å². The number of benzene rings is 1. The molecule has 1 N–H and O–H groups in total. The van der Waals surface area contributed by atoms with Crippen LogP contribution in [0.3, 0.4) is 0 Å². The highest BCUT2D eigenvalue weighted by molar-refractivity contribution is 9.10. The number of rotatable bonds is 7. The second-order valence-corrected chi connectivity index (χ2v) is 6.84. The van der Waals surface area contributed by atoms with E-state index in [2.05, 4.69) is 27.3 Å². The first kappa shape index (κ1) is 13.4. The SMILES string of the molecule is COc1ccc(Br)cc1CNCC(C1CC1)C1CC1. The molecule has 0 unspecified atom stereocenters. The molecule has 0 saturated heterocycles. The van der Waals surface area contributed by atoms with E-state index in [1.807, 2.05) is 12.1 Å². The van der Waals surface area contributed by atoms with Crippen molar-refractivity contribution in [3.63, 3.8) is 0 Å². The summed E-state index contributed by atoms with van der Waals surface area (Å²) in [5, 5.41) is 3.65. The molecule has 0 atom stereocenters. The minimum absolute atomic E-state index is 0.901. The third kappa shape index (κ3) is 3.51. The molecule has 19 heavy (non-hydrogen) atoms. The Morgan fingerprint density at radius 3 is 2.53 bits per heavy atom. The van der Waals surface area contributed by atoms with Gasteiger partial charge in [0.25, 0.3) is 0 Å². The molecule has 0 heterocycles. The average molecular weight is 324 g/mol. The van der Waals surface area contributed by atoms with Crippen LogP contribution in [-0.4, -0.2) is 13.7 Å². The summed E-state index contributed by atoms with van der Waals surface area (Å²) in [5.41, 5.74) is 1.24. The van der Waals surface area contributed by atoms with E-state index in [1.54, 1.807) is 7.11 Å². The van der Waals surface area contributed by atoms with E-state index in [-0.39, 0.29) is 0 Å². The van der Waals surface area contributed by atoms with Crippen molar-refractivity contribution in [2.45, 2.75) is 32.2 Å². The van der Waals surface area contributed by atoms with E-state index in [1.165, 1.54) is 37.8 Å². The molecule has 2 nitrogen and oxygen atoms in total. The van der Waals surface area contributed by atoms with Gasteiger partial charge in [0.05, 0.1) is 7.11 Å². The van der Waals surface area contributed by atoms with E-state index < -0.39 is 0 Å². The summed E-state index contributed by atoms with van der Waals surface area (Å²) in [5.74, 6) is 3.94. The van der Waals surface area contributed by atoms with Crippen molar-refractivity contribution in [3.05, 3.63) is 28.2 Å². The van der Waals surface area contributed by atoms with E-state index in [4.69, 9.17) is 4.74 Å². The molecule has 1 aromatic carbocycles. The number of nitrogens with one attached hydrogen (secondary N) is 1. The lowest BCUT2D eigenvalue weighted by Crippen LogP contribution is -2.25. The molecule has 2 saturated carbocycles. The van der Waals surface area contributed by atoms with Gasteiger partial charge in [0.2, 0.25) is 0 Å². The molecular formula is C16H22BrNO. The molecule has 0 aromatic heterocycles. The Bertz CT molecular complexity index is 428. The van der Waals surface area contributed by atoms with Crippen molar-refractivity contribution in [1.29, 1.82) is 0 Å². The van der Waals surface area contributed by atoms with Gasteiger partial charge in [-0.15, -0.1) is 0 Å². The normalized spacial score (nSPS) is 18.9. The quantitative estimate of drug-likeness (QED) is 0.819. The highest BCUT2D eigenvalue weighted by Gasteiger charge is 2.40. The number of methoxy groups -OCH3 is 1. The van der Waals surface area contributed by atoms with Crippen LogP contribution in [0, 0.1) is 17.8 Å². The Labute approximate surface area is 124 Å². The van der Waals surface area contributed by atoms with Crippen LogP contribution in [0.15, 0.2) is 22.7 Å². The van der Waals surface area contributed by atoms with Gasteiger partial charge in [-0.05, 0) is 68.2 Å². The Balaban J connectivity index is 1.55. The molecule has 0 aliphatic heterocycles.